The molecular weight excluding hydrogens is 326 g/mol. The number of carbonyl (C=O) groups excluding carboxylic acids is 1. The van der Waals surface area contributed by atoms with Gasteiger partial charge in [0.15, 0.2) is 0 Å². The Kier molecular flexibility index (Phi) is 5.18. The SMILES string of the molecule is CC(=O)N1CCN(C2CCN(c3ccc4c(c3)CCC4)CC2)C[C@@H](O)C1. The van der Waals surface area contributed by atoms with Crippen LogP contribution in [-0.2, 0) is 17.6 Å². The van der Waals surface area contributed by atoms with Crippen LogP contribution in [0.4, 0.5) is 5.69 Å². The molecule has 5 heteroatoms. The van der Waals surface area contributed by atoms with Gasteiger partial charge in [-0.2, -0.15) is 0 Å². The van der Waals surface area contributed by atoms with Crippen LogP contribution in [0.25, 0.3) is 0 Å². The van der Waals surface area contributed by atoms with Crippen molar-refractivity contribution >= 4 is 11.6 Å². The van der Waals surface area contributed by atoms with Gasteiger partial charge >= 0.3 is 0 Å². The summed E-state index contributed by atoms with van der Waals surface area (Å²) in [6.07, 6.45) is 5.60. The Balaban J connectivity index is 1.35. The van der Waals surface area contributed by atoms with Gasteiger partial charge in [-0.05, 0) is 55.4 Å². The second-order valence-electron chi connectivity index (χ2n) is 8.14. The highest BCUT2D eigenvalue weighted by Crippen LogP contribution is 2.29. The molecule has 0 unspecified atom stereocenters. The minimum absolute atomic E-state index is 0.0670. The van der Waals surface area contributed by atoms with Crippen LogP contribution in [0.15, 0.2) is 18.2 Å². The van der Waals surface area contributed by atoms with Crippen LogP contribution in [0.2, 0.25) is 0 Å². The van der Waals surface area contributed by atoms with E-state index < -0.39 is 6.10 Å². The predicted octanol–water partition coefficient (Wildman–Crippen LogP) is 1.67. The Labute approximate surface area is 156 Å². The van der Waals surface area contributed by atoms with Gasteiger partial charge in [-0.1, -0.05) is 6.07 Å². The summed E-state index contributed by atoms with van der Waals surface area (Å²) in [6.45, 7) is 6.51. The second-order valence-corrected chi connectivity index (χ2v) is 8.14. The zero-order valence-electron chi connectivity index (χ0n) is 15.9. The number of piperidine rings is 1. The molecule has 1 aromatic rings. The fourth-order valence-corrected chi connectivity index (χ4v) is 4.88. The fraction of sp³-hybridized carbons (Fsp3) is 0.667. The van der Waals surface area contributed by atoms with E-state index in [4.69, 9.17) is 0 Å². The van der Waals surface area contributed by atoms with Crippen molar-refractivity contribution in [3.8, 4) is 0 Å². The minimum atomic E-state index is -0.434. The van der Waals surface area contributed by atoms with Crippen molar-refractivity contribution in [1.82, 2.24) is 9.80 Å². The maximum absolute atomic E-state index is 11.7. The quantitative estimate of drug-likeness (QED) is 0.875. The predicted molar refractivity (Wildman–Crippen MR) is 104 cm³/mol. The van der Waals surface area contributed by atoms with E-state index in [0.717, 1.165) is 39.0 Å². The Morgan fingerprint density at radius 1 is 1.04 bits per heavy atom. The standard InChI is InChI=1S/C21H31N3O2/c1-16(25)23-11-12-24(15-21(26)14-23)19-7-9-22(10-8-19)20-6-5-17-3-2-4-18(17)13-20/h5-6,13,19,21,26H,2-4,7-12,14-15H2,1H3/t21-/m0/s1. The molecular formula is C21H31N3O2. The van der Waals surface area contributed by atoms with Crippen LogP contribution in [0.1, 0.15) is 37.3 Å². The number of aliphatic hydroxyl groups excluding tert-OH is 1. The van der Waals surface area contributed by atoms with Crippen LogP contribution >= 0.6 is 0 Å². The second kappa shape index (κ2) is 7.57. The third kappa shape index (κ3) is 3.74. The van der Waals surface area contributed by atoms with E-state index in [1.54, 1.807) is 17.4 Å². The zero-order valence-corrected chi connectivity index (χ0v) is 15.9. The summed E-state index contributed by atoms with van der Waals surface area (Å²) in [7, 11) is 0. The highest BCUT2D eigenvalue weighted by atomic mass is 16.3. The molecule has 1 atom stereocenters. The van der Waals surface area contributed by atoms with Crippen molar-refractivity contribution in [3.63, 3.8) is 0 Å². The first-order valence-electron chi connectivity index (χ1n) is 10.1. The molecule has 1 N–H and O–H groups in total. The summed E-state index contributed by atoms with van der Waals surface area (Å²) >= 11 is 0. The zero-order chi connectivity index (χ0) is 18.1. The molecule has 26 heavy (non-hydrogen) atoms. The number of carbonyl (C=O) groups is 1. The average Bonchev–Trinajstić information content (AvgIpc) is 3.02. The number of anilines is 1. The van der Waals surface area contributed by atoms with Crippen molar-refractivity contribution < 1.29 is 9.90 Å². The average molecular weight is 357 g/mol. The van der Waals surface area contributed by atoms with Crippen LogP contribution < -0.4 is 4.90 Å². The first-order chi connectivity index (χ1) is 12.6. The third-order valence-electron chi connectivity index (χ3n) is 6.41. The van der Waals surface area contributed by atoms with Gasteiger partial charge in [-0.15, -0.1) is 0 Å². The first kappa shape index (κ1) is 17.8. The molecule has 2 saturated heterocycles. The highest BCUT2D eigenvalue weighted by molar-refractivity contribution is 5.73. The first-order valence-corrected chi connectivity index (χ1v) is 10.1. The van der Waals surface area contributed by atoms with Crippen LogP contribution in [-0.4, -0.2) is 72.2 Å². The largest absolute Gasteiger partial charge is 0.390 e. The van der Waals surface area contributed by atoms with Gasteiger partial charge in [0.05, 0.1) is 6.10 Å². The monoisotopic (exact) mass is 357 g/mol. The van der Waals surface area contributed by atoms with Gasteiger partial charge in [-0.25, -0.2) is 0 Å². The number of amides is 1. The van der Waals surface area contributed by atoms with Crippen molar-refractivity contribution in [2.75, 3.05) is 44.2 Å². The molecule has 4 rings (SSSR count). The molecule has 2 fully saturated rings. The summed E-state index contributed by atoms with van der Waals surface area (Å²) in [5, 5.41) is 10.3. The number of aliphatic hydroxyl groups is 1. The Morgan fingerprint density at radius 2 is 1.81 bits per heavy atom. The number of rotatable bonds is 2. The van der Waals surface area contributed by atoms with Crippen molar-refractivity contribution in [2.24, 2.45) is 0 Å². The fourth-order valence-electron chi connectivity index (χ4n) is 4.88. The molecule has 0 radical (unpaired) electrons. The highest BCUT2D eigenvalue weighted by Gasteiger charge is 2.30. The van der Waals surface area contributed by atoms with Gasteiger partial charge in [-0.3, -0.25) is 9.69 Å². The van der Waals surface area contributed by atoms with E-state index in [9.17, 15) is 9.90 Å². The van der Waals surface area contributed by atoms with Gasteiger partial charge in [0, 0.05) is 57.9 Å². The topological polar surface area (TPSA) is 47.0 Å². The summed E-state index contributed by atoms with van der Waals surface area (Å²) < 4.78 is 0. The smallest absolute Gasteiger partial charge is 0.219 e. The van der Waals surface area contributed by atoms with E-state index >= 15 is 0 Å². The number of benzene rings is 1. The number of nitrogens with zero attached hydrogens (tertiary/aromatic N) is 3. The van der Waals surface area contributed by atoms with Crippen LogP contribution in [0.5, 0.6) is 0 Å². The Bertz CT molecular complexity index is 655. The molecule has 2 aliphatic heterocycles. The van der Waals surface area contributed by atoms with Crippen molar-refractivity contribution in [3.05, 3.63) is 29.3 Å². The number of β-amino-alcohol motifs (C(OH)–C–C–N with tert-alkyl or cyclic N) is 1. The van der Waals surface area contributed by atoms with E-state index in [1.165, 1.54) is 30.5 Å². The van der Waals surface area contributed by atoms with Crippen LogP contribution in [0.3, 0.4) is 0 Å². The lowest BCUT2D eigenvalue weighted by Crippen LogP contribution is -2.47. The molecule has 1 aromatic carbocycles. The Hall–Kier alpha value is -1.59. The lowest BCUT2D eigenvalue weighted by atomic mass is 10.0. The molecule has 0 aromatic heterocycles. The molecule has 2 heterocycles. The van der Waals surface area contributed by atoms with Crippen LogP contribution in [0, 0.1) is 0 Å². The lowest BCUT2D eigenvalue weighted by molar-refractivity contribution is -0.129. The van der Waals surface area contributed by atoms with Gasteiger partial charge < -0.3 is 14.9 Å². The minimum Gasteiger partial charge on any atom is -0.390 e. The third-order valence-corrected chi connectivity index (χ3v) is 6.41. The van der Waals surface area contributed by atoms with Gasteiger partial charge in [0.2, 0.25) is 5.91 Å². The molecule has 0 bridgehead atoms. The summed E-state index contributed by atoms with van der Waals surface area (Å²) in [4.78, 5) is 18.4. The van der Waals surface area contributed by atoms with E-state index in [2.05, 4.69) is 28.0 Å². The molecule has 0 spiro atoms. The molecule has 5 nitrogen and oxygen atoms in total. The van der Waals surface area contributed by atoms with Gasteiger partial charge in [0.1, 0.15) is 0 Å². The lowest BCUT2D eigenvalue weighted by Gasteiger charge is -2.39. The molecule has 3 aliphatic rings. The summed E-state index contributed by atoms with van der Waals surface area (Å²) in [6, 6.07) is 7.54. The van der Waals surface area contributed by atoms with E-state index in [-0.39, 0.29) is 5.91 Å². The van der Waals surface area contributed by atoms with Gasteiger partial charge in [0.25, 0.3) is 0 Å². The summed E-state index contributed by atoms with van der Waals surface area (Å²) in [5.74, 6) is 0.0670. The van der Waals surface area contributed by atoms with E-state index in [1.807, 2.05) is 0 Å². The number of hydrogen-bond donors (Lipinski definition) is 1. The van der Waals surface area contributed by atoms with E-state index in [0.29, 0.717) is 19.1 Å². The maximum atomic E-state index is 11.7. The van der Waals surface area contributed by atoms with Crippen molar-refractivity contribution in [1.29, 1.82) is 0 Å². The number of hydrogen-bond acceptors (Lipinski definition) is 4. The number of fused-ring (bicyclic) bond motifs is 1. The normalized spacial score (nSPS) is 25.2. The molecule has 1 amide bonds. The Morgan fingerprint density at radius 3 is 2.58 bits per heavy atom. The molecule has 1 aliphatic carbocycles. The number of aryl methyl sites for hydroxylation is 2. The molecule has 142 valence electrons. The van der Waals surface area contributed by atoms with Crippen molar-refractivity contribution in [2.45, 2.75) is 51.2 Å². The maximum Gasteiger partial charge on any atom is 0.219 e. The summed E-state index contributed by atoms with van der Waals surface area (Å²) in [5.41, 5.74) is 4.46. The molecule has 0 saturated carbocycles.